The number of pyridine rings is 1. The van der Waals surface area contributed by atoms with E-state index < -0.39 is 0 Å². The summed E-state index contributed by atoms with van der Waals surface area (Å²) in [4.78, 5) is 16.4. The third-order valence-electron chi connectivity index (χ3n) is 3.82. The molecule has 2 fully saturated rings. The second-order valence-corrected chi connectivity index (χ2v) is 5.79. The number of aromatic nitrogens is 1. The van der Waals surface area contributed by atoms with Crippen molar-refractivity contribution in [2.75, 3.05) is 6.61 Å². The Morgan fingerprint density at radius 2 is 2.11 bits per heavy atom. The van der Waals surface area contributed by atoms with E-state index in [0.29, 0.717) is 24.0 Å². The van der Waals surface area contributed by atoms with Gasteiger partial charge in [-0.1, -0.05) is 13.0 Å². The van der Waals surface area contributed by atoms with E-state index in [1.807, 2.05) is 13.0 Å². The zero-order chi connectivity index (χ0) is 13.2. The van der Waals surface area contributed by atoms with E-state index in [0.717, 1.165) is 18.9 Å². The van der Waals surface area contributed by atoms with Crippen molar-refractivity contribution in [1.29, 1.82) is 0 Å². The van der Waals surface area contributed by atoms with Crippen LogP contribution in [0.4, 0.5) is 0 Å². The molecule has 0 saturated heterocycles. The van der Waals surface area contributed by atoms with Gasteiger partial charge in [-0.2, -0.15) is 0 Å². The molecule has 0 N–H and O–H groups in total. The summed E-state index contributed by atoms with van der Waals surface area (Å²) in [5, 5.41) is 0. The van der Waals surface area contributed by atoms with Crippen LogP contribution in [0.25, 0.3) is 0 Å². The second kappa shape index (κ2) is 5.32. The van der Waals surface area contributed by atoms with Crippen LogP contribution in [0.3, 0.4) is 0 Å². The van der Waals surface area contributed by atoms with E-state index in [4.69, 9.17) is 4.74 Å². The number of hydrogen-bond donors (Lipinski definition) is 0. The number of Topliss-reactive ketones (excluding diaryl/α,β-unsaturated/α-hetero) is 1. The van der Waals surface area contributed by atoms with Crippen molar-refractivity contribution in [2.45, 2.75) is 51.4 Å². The van der Waals surface area contributed by atoms with Gasteiger partial charge in [0.15, 0.2) is 5.78 Å². The Hall–Kier alpha value is -1.38. The van der Waals surface area contributed by atoms with Crippen molar-refractivity contribution in [3.8, 4) is 5.88 Å². The Morgan fingerprint density at radius 1 is 1.32 bits per heavy atom. The molecule has 0 bridgehead atoms. The van der Waals surface area contributed by atoms with Crippen LogP contribution in [0, 0.1) is 5.92 Å². The molecule has 3 nitrogen and oxygen atoms in total. The maximum atomic E-state index is 11.9. The molecule has 0 atom stereocenters. The van der Waals surface area contributed by atoms with E-state index >= 15 is 0 Å². The lowest BCUT2D eigenvalue weighted by molar-refractivity contribution is 0.0975. The van der Waals surface area contributed by atoms with Gasteiger partial charge in [-0.05, 0) is 50.0 Å². The summed E-state index contributed by atoms with van der Waals surface area (Å²) in [6.45, 7) is 2.78. The number of hydrogen-bond acceptors (Lipinski definition) is 3. The monoisotopic (exact) mass is 259 g/mol. The van der Waals surface area contributed by atoms with Crippen molar-refractivity contribution < 1.29 is 9.53 Å². The average molecular weight is 259 g/mol. The van der Waals surface area contributed by atoms with E-state index in [2.05, 4.69) is 11.1 Å². The van der Waals surface area contributed by atoms with Crippen LogP contribution in [0.15, 0.2) is 12.1 Å². The van der Waals surface area contributed by atoms with Crippen molar-refractivity contribution in [3.05, 3.63) is 23.4 Å². The molecule has 0 aromatic carbocycles. The molecule has 2 saturated carbocycles. The largest absolute Gasteiger partial charge is 0.477 e. The molecule has 1 aromatic heterocycles. The Balaban J connectivity index is 1.78. The second-order valence-electron chi connectivity index (χ2n) is 5.79. The minimum absolute atomic E-state index is 0.126. The summed E-state index contributed by atoms with van der Waals surface area (Å²) in [6.07, 6.45) is 6.43. The zero-order valence-corrected chi connectivity index (χ0v) is 11.5. The fraction of sp³-hybridized carbons (Fsp3) is 0.625. The molecule has 0 spiro atoms. The number of carbonyl (C=O) groups excluding carboxylic acids is 1. The lowest BCUT2D eigenvalue weighted by atomic mass is 10.1. The van der Waals surface area contributed by atoms with Crippen LogP contribution in [-0.2, 0) is 0 Å². The molecule has 0 aliphatic heterocycles. The van der Waals surface area contributed by atoms with Gasteiger partial charge in [0.25, 0.3) is 0 Å². The van der Waals surface area contributed by atoms with Crippen LogP contribution in [-0.4, -0.2) is 17.4 Å². The third-order valence-corrected chi connectivity index (χ3v) is 3.82. The van der Waals surface area contributed by atoms with Gasteiger partial charge in [0, 0.05) is 12.0 Å². The summed E-state index contributed by atoms with van der Waals surface area (Å²) in [6, 6.07) is 3.92. The highest BCUT2D eigenvalue weighted by Crippen LogP contribution is 2.44. The van der Waals surface area contributed by atoms with Crippen LogP contribution in [0.1, 0.15) is 67.4 Å². The standard InChI is InChI=1S/C16H21NO2/c1-2-3-15(18)14-9-8-13(12-6-7-12)16(17-14)19-10-11-4-5-11/h8-9,11-12H,2-7,10H2,1H3. The Bertz CT molecular complexity index is 476. The van der Waals surface area contributed by atoms with Crippen molar-refractivity contribution >= 4 is 5.78 Å². The molecule has 3 heteroatoms. The normalized spacial score (nSPS) is 18.4. The molecule has 102 valence electrons. The summed E-state index contributed by atoms with van der Waals surface area (Å²) in [7, 11) is 0. The Labute approximate surface area is 114 Å². The average Bonchev–Trinajstić information content (AvgIpc) is 3.29. The Morgan fingerprint density at radius 3 is 2.74 bits per heavy atom. The molecule has 0 unspecified atom stereocenters. The number of rotatable bonds is 7. The van der Waals surface area contributed by atoms with Gasteiger partial charge < -0.3 is 4.74 Å². The molecular weight excluding hydrogens is 238 g/mol. The molecule has 0 amide bonds. The van der Waals surface area contributed by atoms with Gasteiger partial charge in [-0.3, -0.25) is 4.79 Å². The van der Waals surface area contributed by atoms with E-state index in [1.54, 1.807) is 0 Å². The maximum absolute atomic E-state index is 11.9. The van der Waals surface area contributed by atoms with E-state index in [1.165, 1.54) is 31.2 Å². The summed E-state index contributed by atoms with van der Waals surface area (Å²) in [5.41, 5.74) is 1.77. The SMILES string of the molecule is CCCC(=O)c1ccc(C2CC2)c(OCC2CC2)n1. The molecule has 2 aliphatic rings. The topological polar surface area (TPSA) is 39.2 Å². The minimum atomic E-state index is 0.126. The minimum Gasteiger partial charge on any atom is -0.477 e. The number of nitrogens with zero attached hydrogens (tertiary/aromatic N) is 1. The highest BCUT2D eigenvalue weighted by molar-refractivity contribution is 5.94. The molecule has 19 heavy (non-hydrogen) atoms. The zero-order valence-electron chi connectivity index (χ0n) is 11.5. The number of ether oxygens (including phenoxy) is 1. The van der Waals surface area contributed by atoms with Crippen LogP contribution >= 0.6 is 0 Å². The lowest BCUT2D eigenvalue weighted by Crippen LogP contribution is -2.08. The fourth-order valence-electron chi connectivity index (χ4n) is 2.26. The summed E-state index contributed by atoms with van der Waals surface area (Å²) in [5.74, 6) is 2.17. The van der Waals surface area contributed by atoms with Crippen molar-refractivity contribution in [3.63, 3.8) is 0 Å². The molecule has 1 aromatic rings. The van der Waals surface area contributed by atoms with Gasteiger partial charge in [-0.15, -0.1) is 0 Å². The third kappa shape index (κ3) is 3.14. The highest BCUT2D eigenvalue weighted by atomic mass is 16.5. The fourth-order valence-corrected chi connectivity index (χ4v) is 2.26. The van der Waals surface area contributed by atoms with E-state index in [9.17, 15) is 4.79 Å². The quantitative estimate of drug-likeness (QED) is 0.700. The molecule has 0 radical (unpaired) electrons. The van der Waals surface area contributed by atoms with Crippen LogP contribution in [0.5, 0.6) is 5.88 Å². The van der Waals surface area contributed by atoms with E-state index in [-0.39, 0.29) is 5.78 Å². The number of carbonyl (C=O) groups is 1. The first-order valence-corrected chi connectivity index (χ1v) is 7.45. The Kier molecular flexibility index (Phi) is 3.54. The molecular formula is C16H21NO2. The first-order valence-electron chi connectivity index (χ1n) is 7.45. The van der Waals surface area contributed by atoms with Gasteiger partial charge in [0.1, 0.15) is 5.69 Å². The van der Waals surface area contributed by atoms with Crippen molar-refractivity contribution in [1.82, 2.24) is 4.98 Å². The first kappa shape index (κ1) is 12.6. The van der Waals surface area contributed by atoms with Gasteiger partial charge in [0.2, 0.25) is 5.88 Å². The summed E-state index contributed by atoms with van der Waals surface area (Å²) >= 11 is 0. The van der Waals surface area contributed by atoms with Crippen LogP contribution < -0.4 is 4.74 Å². The van der Waals surface area contributed by atoms with Gasteiger partial charge in [0.05, 0.1) is 6.61 Å². The number of ketones is 1. The molecule has 3 rings (SSSR count). The maximum Gasteiger partial charge on any atom is 0.217 e. The van der Waals surface area contributed by atoms with Crippen molar-refractivity contribution in [2.24, 2.45) is 5.92 Å². The smallest absolute Gasteiger partial charge is 0.217 e. The summed E-state index contributed by atoms with van der Waals surface area (Å²) < 4.78 is 5.87. The predicted molar refractivity (Wildman–Crippen MR) is 73.7 cm³/mol. The molecule has 1 heterocycles. The highest BCUT2D eigenvalue weighted by Gasteiger charge is 2.29. The molecule has 2 aliphatic carbocycles. The predicted octanol–water partition coefficient (Wildman–Crippen LogP) is 3.73. The lowest BCUT2D eigenvalue weighted by Gasteiger charge is -2.11. The van der Waals surface area contributed by atoms with Gasteiger partial charge >= 0.3 is 0 Å². The van der Waals surface area contributed by atoms with Gasteiger partial charge in [-0.25, -0.2) is 4.98 Å². The first-order chi connectivity index (χ1) is 9.28. The van der Waals surface area contributed by atoms with Crippen LogP contribution in [0.2, 0.25) is 0 Å².